The second-order valence-corrected chi connectivity index (χ2v) is 6.67. The van der Waals surface area contributed by atoms with E-state index in [2.05, 4.69) is 0 Å². The molecule has 1 unspecified atom stereocenters. The molecule has 1 aromatic heterocycles. The summed E-state index contributed by atoms with van der Waals surface area (Å²) in [6.07, 6.45) is 1.20. The minimum atomic E-state index is -3.14. The molecule has 90 valence electrons. The molecule has 3 nitrogen and oxygen atoms in total. The summed E-state index contributed by atoms with van der Waals surface area (Å²) in [6, 6.07) is 8.49. The maximum absolute atomic E-state index is 11.3. The van der Waals surface area contributed by atoms with E-state index in [0.717, 1.165) is 11.1 Å². The monoisotopic (exact) mass is 267 g/mol. The minimum Gasteiger partial charge on any atom is -0.320 e. The molecule has 2 N–H and O–H groups in total. The highest BCUT2D eigenvalue weighted by Gasteiger charge is 2.11. The zero-order chi connectivity index (χ0) is 12.5. The van der Waals surface area contributed by atoms with E-state index in [9.17, 15) is 8.42 Å². The van der Waals surface area contributed by atoms with Gasteiger partial charge in [0.25, 0.3) is 0 Å². The van der Waals surface area contributed by atoms with Crippen molar-refractivity contribution in [2.75, 3.05) is 6.26 Å². The molecule has 0 saturated carbocycles. The fourth-order valence-corrected chi connectivity index (χ4v) is 2.89. The Morgan fingerprint density at radius 2 is 1.76 bits per heavy atom. The summed E-state index contributed by atoms with van der Waals surface area (Å²) in [7, 11) is -3.14. The standard InChI is InChI=1S/C12H13NO2S2/c1-17(14,15)11-4-2-9(3-5-11)12(13)10-6-7-16-8-10/h2-8,12H,13H2,1H3. The van der Waals surface area contributed by atoms with Crippen LogP contribution in [0.1, 0.15) is 17.2 Å². The maximum atomic E-state index is 11.3. The molecule has 0 amide bonds. The summed E-state index contributed by atoms with van der Waals surface area (Å²) in [4.78, 5) is 0.318. The lowest BCUT2D eigenvalue weighted by molar-refractivity contribution is 0.602. The molecule has 2 rings (SSSR count). The van der Waals surface area contributed by atoms with Crippen molar-refractivity contribution in [2.45, 2.75) is 10.9 Å². The Morgan fingerprint density at radius 3 is 2.24 bits per heavy atom. The molecule has 0 spiro atoms. The molecule has 1 atom stereocenters. The normalized spacial score (nSPS) is 13.5. The van der Waals surface area contributed by atoms with E-state index in [-0.39, 0.29) is 6.04 Å². The number of hydrogen-bond donors (Lipinski definition) is 1. The lowest BCUT2D eigenvalue weighted by Gasteiger charge is -2.10. The molecule has 0 saturated heterocycles. The molecule has 0 fully saturated rings. The lowest BCUT2D eigenvalue weighted by atomic mass is 10.0. The van der Waals surface area contributed by atoms with E-state index in [4.69, 9.17) is 5.73 Å². The molecule has 2 aromatic rings. The summed E-state index contributed by atoms with van der Waals surface area (Å²) in [5.74, 6) is 0. The molecule has 17 heavy (non-hydrogen) atoms. The molecule has 5 heteroatoms. The van der Waals surface area contributed by atoms with E-state index < -0.39 is 9.84 Å². The predicted molar refractivity (Wildman–Crippen MR) is 69.9 cm³/mol. The van der Waals surface area contributed by atoms with Gasteiger partial charge in [0, 0.05) is 6.26 Å². The van der Waals surface area contributed by atoms with Crippen molar-refractivity contribution in [1.82, 2.24) is 0 Å². The van der Waals surface area contributed by atoms with Crippen LogP contribution in [0, 0.1) is 0 Å². The topological polar surface area (TPSA) is 60.2 Å². The largest absolute Gasteiger partial charge is 0.320 e. The van der Waals surface area contributed by atoms with Crippen LogP contribution in [0.4, 0.5) is 0 Å². The first kappa shape index (κ1) is 12.3. The highest BCUT2D eigenvalue weighted by molar-refractivity contribution is 7.90. The van der Waals surface area contributed by atoms with Crippen LogP contribution < -0.4 is 5.73 Å². The van der Waals surface area contributed by atoms with Crippen LogP contribution in [0.3, 0.4) is 0 Å². The predicted octanol–water partition coefficient (Wildman–Crippen LogP) is 2.20. The van der Waals surface area contributed by atoms with Crippen molar-refractivity contribution in [2.24, 2.45) is 5.73 Å². The summed E-state index contributed by atoms with van der Waals surface area (Å²) >= 11 is 1.59. The first-order valence-corrected chi connectivity index (χ1v) is 7.89. The average Bonchev–Trinajstić information content (AvgIpc) is 2.80. The van der Waals surface area contributed by atoms with Gasteiger partial charge in [0.1, 0.15) is 0 Å². The summed E-state index contributed by atoms with van der Waals surface area (Å²) in [5.41, 5.74) is 8.03. The third-order valence-electron chi connectivity index (χ3n) is 2.57. The van der Waals surface area contributed by atoms with Crippen LogP contribution in [-0.4, -0.2) is 14.7 Å². The van der Waals surface area contributed by atoms with E-state index >= 15 is 0 Å². The van der Waals surface area contributed by atoms with Gasteiger partial charge < -0.3 is 5.73 Å². The van der Waals surface area contributed by atoms with Crippen LogP contribution in [-0.2, 0) is 9.84 Å². The van der Waals surface area contributed by atoms with Gasteiger partial charge in [-0.15, -0.1) is 0 Å². The summed E-state index contributed by atoms with van der Waals surface area (Å²) in [6.45, 7) is 0. The minimum absolute atomic E-state index is 0.199. The van der Waals surface area contributed by atoms with Crippen molar-refractivity contribution in [3.8, 4) is 0 Å². The zero-order valence-corrected chi connectivity index (χ0v) is 11.0. The maximum Gasteiger partial charge on any atom is 0.175 e. The fraction of sp³-hybridized carbons (Fsp3) is 0.167. The van der Waals surface area contributed by atoms with Crippen molar-refractivity contribution < 1.29 is 8.42 Å². The Bertz CT molecular complexity index is 586. The van der Waals surface area contributed by atoms with Crippen molar-refractivity contribution in [3.05, 3.63) is 52.2 Å². The first-order chi connectivity index (χ1) is 7.98. The molecule has 0 bridgehead atoms. The molecule has 0 radical (unpaired) electrons. The lowest BCUT2D eigenvalue weighted by Crippen LogP contribution is -2.11. The van der Waals surface area contributed by atoms with Gasteiger partial charge >= 0.3 is 0 Å². The van der Waals surface area contributed by atoms with Crippen LogP contribution >= 0.6 is 11.3 Å². The highest BCUT2D eigenvalue weighted by atomic mass is 32.2. The first-order valence-electron chi connectivity index (χ1n) is 5.06. The van der Waals surface area contributed by atoms with Gasteiger partial charge in [-0.3, -0.25) is 0 Å². The van der Waals surface area contributed by atoms with Crippen molar-refractivity contribution >= 4 is 21.2 Å². The fourth-order valence-electron chi connectivity index (χ4n) is 1.57. The van der Waals surface area contributed by atoms with Gasteiger partial charge in [-0.1, -0.05) is 12.1 Å². The number of sulfone groups is 1. The number of benzene rings is 1. The summed E-state index contributed by atoms with van der Waals surface area (Å²) in [5, 5.41) is 3.97. The van der Waals surface area contributed by atoms with Crippen LogP contribution in [0.15, 0.2) is 46.0 Å². The van der Waals surface area contributed by atoms with E-state index in [1.165, 1.54) is 6.26 Å². The van der Waals surface area contributed by atoms with Gasteiger partial charge in [0.05, 0.1) is 10.9 Å². The molecular weight excluding hydrogens is 254 g/mol. The Balaban J connectivity index is 2.30. The van der Waals surface area contributed by atoms with Gasteiger partial charge in [-0.2, -0.15) is 11.3 Å². The molecule has 1 heterocycles. The summed E-state index contributed by atoms with van der Waals surface area (Å²) < 4.78 is 22.6. The third kappa shape index (κ3) is 2.74. The molecular formula is C12H13NO2S2. The van der Waals surface area contributed by atoms with Crippen LogP contribution in [0.25, 0.3) is 0 Å². The Hall–Kier alpha value is -1.17. The number of rotatable bonds is 3. The van der Waals surface area contributed by atoms with Crippen LogP contribution in [0.5, 0.6) is 0 Å². The van der Waals surface area contributed by atoms with Crippen molar-refractivity contribution in [1.29, 1.82) is 0 Å². The molecule has 0 aliphatic carbocycles. The van der Waals surface area contributed by atoms with Gasteiger partial charge in [-0.05, 0) is 40.1 Å². The Kier molecular flexibility index (Phi) is 3.33. The number of hydrogen-bond acceptors (Lipinski definition) is 4. The second-order valence-electron chi connectivity index (χ2n) is 3.88. The number of nitrogens with two attached hydrogens (primary N) is 1. The van der Waals surface area contributed by atoms with Crippen molar-refractivity contribution in [3.63, 3.8) is 0 Å². The van der Waals surface area contributed by atoms with E-state index in [1.807, 2.05) is 16.8 Å². The molecule has 0 aliphatic heterocycles. The van der Waals surface area contributed by atoms with E-state index in [0.29, 0.717) is 4.90 Å². The SMILES string of the molecule is CS(=O)(=O)c1ccc(C(N)c2ccsc2)cc1. The molecule has 0 aliphatic rings. The molecule has 1 aromatic carbocycles. The smallest absolute Gasteiger partial charge is 0.175 e. The van der Waals surface area contributed by atoms with Crippen LogP contribution in [0.2, 0.25) is 0 Å². The Labute approximate surface area is 105 Å². The number of thiophene rings is 1. The zero-order valence-electron chi connectivity index (χ0n) is 9.33. The van der Waals surface area contributed by atoms with Gasteiger partial charge in [-0.25, -0.2) is 8.42 Å². The quantitative estimate of drug-likeness (QED) is 0.927. The van der Waals surface area contributed by atoms with E-state index in [1.54, 1.807) is 35.6 Å². The van der Waals surface area contributed by atoms with Gasteiger partial charge in [0.2, 0.25) is 0 Å². The third-order valence-corrected chi connectivity index (χ3v) is 4.40. The average molecular weight is 267 g/mol. The Morgan fingerprint density at radius 1 is 1.12 bits per heavy atom. The highest BCUT2D eigenvalue weighted by Crippen LogP contribution is 2.22. The van der Waals surface area contributed by atoms with Gasteiger partial charge in [0.15, 0.2) is 9.84 Å². The second kappa shape index (κ2) is 4.60.